The van der Waals surface area contributed by atoms with E-state index in [1.54, 1.807) is 0 Å². The molecule has 0 saturated heterocycles. The SMILES string of the molecule is CCCNCC1CCC1N(CC(C)C)C1CCCC1. The lowest BCUT2D eigenvalue weighted by Crippen LogP contribution is -2.54. The van der Waals surface area contributed by atoms with E-state index < -0.39 is 0 Å². The molecule has 0 radical (unpaired) electrons. The molecular weight excluding hydrogens is 232 g/mol. The van der Waals surface area contributed by atoms with Crippen molar-refractivity contribution < 1.29 is 0 Å². The molecule has 112 valence electrons. The van der Waals surface area contributed by atoms with Gasteiger partial charge in [0.05, 0.1) is 0 Å². The fourth-order valence-electron chi connectivity index (χ4n) is 3.90. The molecule has 0 heterocycles. The highest BCUT2D eigenvalue weighted by Gasteiger charge is 2.38. The summed E-state index contributed by atoms with van der Waals surface area (Å²) in [5.74, 6) is 1.73. The zero-order valence-corrected chi connectivity index (χ0v) is 13.3. The Morgan fingerprint density at radius 2 is 1.84 bits per heavy atom. The van der Waals surface area contributed by atoms with E-state index in [-0.39, 0.29) is 0 Å². The van der Waals surface area contributed by atoms with E-state index in [0.29, 0.717) is 0 Å². The predicted octanol–water partition coefficient (Wildman–Crippen LogP) is 3.67. The molecule has 1 N–H and O–H groups in total. The number of hydrogen-bond donors (Lipinski definition) is 1. The molecule has 2 saturated carbocycles. The Labute approximate surface area is 120 Å². The molecule has 0 aromatic rings. The maximum atomic E-state index is 3.64. The number of hydrogen-bond acceptors (Lipinski definition) is 2. The molecule has 2 fully saturated rings. The molecule has 0 aromatic carbocycles. The van der Waals surface area contributed by atoms with Gasteiger partial charge in [0.1, 0.15) is 0 Å². The first kappa shape index (κ1) is 15.3. The van der Waals surface area contributed by atoms with Crippen LogP contribution in [-0.4, -0.2) is 36.6 Å². The summed E-state index contributed by atoms with van der Waals surface area (Å²) in [4.78, 5) is 2.90. The van der Waals surface area contributed by atoms with Crippen molar-refractivity contribution in [3.8, 4) is 0 Å². The summed E-state index contributed by atoms with van der Waals surface area (Å²) in [6.07, 6.45) is 9.99. The lowest BCUT2D eigenvalue weighted by Gasteiger charge is -2.48. The number of rotatable bonds is 8. The zero-order valence-electron chi connectivity index (χ0n) is 13.3. The van der Waals surface area contributed by atoms with Gasteiger partial charge in [0.25, 0.3) is 0 Å². The molecule has 0 spiro atoms. The largest absolute Gasteiger partial charge is 0.316 e. The van der Waals surface area contributed by atoms with Crippen LogP contribution < -0.4 is 5.32 Å². The van der Waals surface area contributed by atoms with Gasteiger partial charge >= 0.3 is 0 Å². The van der Waals surface area contributed by atoms with E-state index in [2.05, 4.69) is 31.0 Å². The fourth-order valence-corrected chi connectivity index (χ4v) is 3.90. The van der Waals surface area contributed by atoms with Crippen molar-refractivity contribution in [1.82, 2.24) is 10.2 Å². The Morgan fingerprint density at radius 1 is 1.11 bits per heavy atom. The summed E-state index contributed by atoms with van der Waals surface area (Å²) in [7, 11) is 0. The third kappa shape index (κ3) is 4.19. The average molecular weight is 266 g/mol. The number of nitrogens with one attached hydrogen (secondary N) is 1. The quantitative estimate of drug-likeness (QED) is 0.674. The van der Waals surface area contributed by atoms with E-state index in [1.807, 2.05) is 0 Å². The van der Waals surface area contributed by atoms with Crippen LogP contribution in [0, 0.1) is 11.8 Å². The maximum absolute atomic E-state index is 3.64. The predicted molar refractivity (Wildman–Crippen MR) is 83.5 cm³/mol. The Balaban J connectivity index is 1.86. The minimum Gasteiger partial charge on any atom is -0.316 e. The first-order valence-electron chi connectivity index (χ1n) is 8.68. The lowest BCUT2D eigenvalue weighted by molar-refractivity contribution is 0.0200. The minimum atomic E-state index is 0.811. The molecule has 0 aliphatic heterocycles. The first-order valence-corrected chi connectivity index (χ1v) is 8.68. The monoisotopic (exact) mass is 266 g/mol. The Bertz CT molecular complexity index is 246. The summed E-state index contributed by atoms with van der Waals surface area (Å²) in [5.41, 5.74) is 0. The van der Waals surface area contributed by atoms with E-state index in [1.165, 1.54) is 64.6 Å². The van der Waals surface area contributed by atoms with Crippen molar-refractivity contribution in [2.75, 3.05) is 19.6 Å². The molecule has 2 atom stereocenters. The molecule has 0 bridgehead atoms. The highest BCUT2D eigenvalue weighted by molar-refractivity contribution is 4.94. The third-order valence-corrected chi connectivity index (χ3v) is 5.01. The van der Waals surface area contributed by atoms with Crippen LogP contribution in [0.1, 0.15) is 65.7 Å². The van der Waals surface area contributed by atoms with Crippen molar-refractivity contribution in [2.24, 2.45) is 11.8 Å². The molecular formula is C17H34N2. The fraction of sp³-hybridized carbons (Fsp3) is 1.00. The second kappa shape index (κ2) is 7.64. The summed E-state index contributed by atoms with van der Waals surface area (Å²) < 4.78 is 0. The van der Waals surface area contributed by atoms with Crippen LogP contribution >= 0.6 is 0 Å². The number of nitrogens with zero attached hydrogens (tertiary/aromatic N) is 1. The van der Waals surface area contributed by atoms with Crippen molar-refractivity contribution in [3.05, 3.63) is 0 Å². The van der Waals surface area contributed by atoms with Gasteiger partial charge in [-0.15, -0.1) is 0 Å². The van der Waals surface area contributed by atoms with Crippen LogP contribution in [0.5, 0.6) is 0 Å². The van der Waals surface area contributed by atoms with Crippen LogP contribution in [0.4, 0.5) is 0 Å². The molecule has 19 heavy (non-hydrogen) atoms. The molecule has 0 amide bonds. The van der Waals surface area contributed by atoms with E-state index in [0.717, 1.165) is 23.9 Å². The molecule has 2 rings (SSSR count). The Hall–Kier alpha value is -0.0800. The van der Waals surface area contributed by atoms with Gasteiger partial charge in [-0.3, -0.25) is 4.90 Å². The second-order valence-electron chi connectivity index (χ2n) is 7.14. The average Bonchev–Trinajstić information content (AvgIpc) is 2.85. The van der Waals surface area contributed by atoms with Crippen molar-refractivity contribution >= 4 is 0 Å². The highest BCUT2D eigenvalue weighted by atomic mass is 15.2. The van der Waals surface area contributed by atoms with Gasteiger partial charge in [-0.1, -0.05) is 33.6 Å². The van der Waals surface area contributed by atoms with Gasteiger partial charge in [-0.25, -0.2) is 0 Å². The van der Waals surface area contributed by atoms with Gasteiger partial charge in [-0.05, 0) is 57.0 Å². The van der Waals surface area contributed by atoms with Crippen LogP contribution in [-0.2, 0) is 0 Å². The summed E-state index contributed by atoms with van der Waals surface area (Å²) >= 11 is 0. The molecule has 2 heteroatoms. The normalized spacial score (nSPS) is 28.3. The van der Waals surface area contributed by atoms with E-state index in [9.17, 15) is 0 Å². The first-order chi connectivity index (χ1) is 9.22. The summed E-state index contributed by atoms with van der Waals surface area (Å²) in [6, 6.07) is 1.79. The van der Waals surface area contributed by atoms with Gasteiger partial charge < -0.3 is 5.32 Å². The van der Waals surface area contributed by atoms with E-state index >= 15 is 0 Å². The topological polar surface area (TPSA) is 15.3 Å². The third-order valence-electron chi connectivity index (χ3n) is 5.01. The highest BCUT2D eigenvalue weighted by Crippen LogP contribution is 2.37. The molecule has 2 aliphatic rings. The van der Waals surface area contributed by atoms with Crippen molar-refractivity contribution in [1.29, 1.82) is 0 Å². The Morgan fingerprint density at radius 3 is 2.37 bits per heavy atom. The smallest absolute Gasteiger partial charge is 0.0139 e. The molecule has 2 aliphatic carbocycles. The van der Waals surface area contributed by atoms with Gasteiger partial charge in [0, 0.05) is 18.6 Å². The minimum absolute atomic E-state index is 0.811. The second-order valence-corrected chi connectivity index (χ2v) is 7.14. The Kier molecular flexibility index (Phi) is 6.15. The van der Waals surface area contributed by atoms with Gasteiger partial charge in [0.2, 0.25) is 0 Å². The molecule has 0 aromatic heterocycles. The van der Waals surface area contributed by atoms with Crippen molar-refractivity contribution in [2.45, 2.75) is 77.8 Å². The van der Waals surface area contributed by atoms with Gasteiger partial charge in [0.15, 0.2) is 0 Å². The summed E-state index contributed by atoms with van der Waals surface area (Å²) in [5, 5.41) is 3.64. The van der Waals surface area contributed by atoms with Crippen molar-refractivity contribution in [3.63, 3.8) is 0 Å². The lowest BCUT2D eigenvalue weighted by atomic mass is 9.77. The maximum Gasteiger partial charge on any atom is 0.0139 e. The van der Waals surface area contributed by atoms with Crippen LogP contribution in [0.15, 0.2) is 0 Å². The molecule has 2 nitrogen and oxygen atoms in total. The van der Waals surface area contributed by atoms with Crippen LogP contribution in [0.25, 0.3) is 0 Å². The van der Waals surface area contributed by atoms with Gasteiger partial charge in [-0.2, -0.15) is 0 Å². The zero-order chi connectivity index (χ0) is 13.7. The van der Waals surface area contributed by atoms with Crippen LogP contribution in [0.2, 0.25) is 0 Å². The van der Waals surface area contributed by atoms with Crippen LogP contribution in [0.3, 0.4) is 0 Å². The summed E-state index contributed by atoms with van der Waals surface area (Å²) in [6.45, 7) is 10.8. The molecule has 2 unspecified atom stereocenters. The standard InChI is InChI=1S/C17H34N2/c1-4-11-18-12-15-9-10-17(15)19(13-14(2)3)16-7-5-6-8-16/h14-18H,4-13H2,1-3H3. The van der Waals surface area contributed by atoms with E-state index in [4.69, 9.17) is 0 Å².